The van der Waals surface area contributed by atoms with Crippen molar-refractivity contribution in [3.8, 4) is 0 Å². The average molecular weight is 226 g/mol. The molecule has 5 heteroatoms. The SMILES string of the molecule is CCc1c(C(N)=S)nnn1C(CC)CC. The lowest BCUT2D eigenvalue weighted by molar-refractivity contribution is 0.406. The number of hydrogen-bond donors (Lipinski definition) is 1. The van der Waals surface area contributed by atoms with E-state index in [9.17, 15) is 0 Å². The van der Waals surface area contributed by atoms with E-state index in [1.807, 2.05) is 4.68 Å². The maximum absolute atomic E-state index is 5.60. The normalized spacial score (nSPS) is 10.9. The van der Waals surface area contributed by atoms with Gasteiger partial charge in [0.25, 0.3) is 0 Å². The number of aromatic nitrogens is 3. The van der Waals surface area contributed by atoms with Crippen molar-refractivity contribution in [2.24, 2.45) is 5.73 Å². The van der Waals surface area contributed by atoms with Crippen molar-refractivity contribution in [3.05, 3.63) is 11.4 Å². The lowest BCUT2D eigenvalue weighted by atomic mass is 10.1. The van der Waals surface area contributed by atoms with Gasteiger partial charge in [0, 0.05) is 0 Å². The number of thiocarbonyl (C=S) groups is 1. The summed E-state index contributed by atoms with van der Waals surface area (Å²) in [4.78, 5) is 0.337. The first-order chi connectivity index (χ1) is 7.15. The van der Waals surface area contributed by atoms with Gasteiger partial charge in [0.2, 0.25) is 0 Å². The van der Waals surface area contributed by atoms with Crippen LogP contribution in [0.4, 0.5) is 0 Å². The molecular formula is C10H18N4S. The van der Waals surface area contributed by atoms with Crippen LogP contribution >= 0.6 is 12.2 Å². The molecule has 0 saturated carbocycles. The highest BCUT2D eigenvalue weighted by Gasteiger charge is 2.17. The number of hydrogen-bond acceptors (Lipinski definition) is 3. The molecule has 0 amide bonds. The van der Waals surface area contributed by atoms with E-state index in [1.165, 1.54) is 0 Å². The molecule has 0 aromatic carbocycles. The lowest BCUT2D eigenvalue weighted by Gasteiger charge is -2.15. The third kappa shape index (κ3) is 2.34. The maximum atomic E-state index is 5.60. The molecule has 1 rings (SSSR count). The van der Waals surface area contributed by atoms with Crippen LogP contribution in [-0.2, 0) is 6.42 Å². The van der Waals surface area contributed by atoms with E-state index in [4.69, 9.17) is 18.0 Å². The van der Waals surface area contributed by atoms with Crippen LogP contribution in [0.25, 0.3) is 0 Å². The zero-order valence-electron chi connectivity index (χ0n) is 9.53. The maximum Gasteiger partial charge on any atom is 0.143 e. The van der Waals surface area contributed by atoms with Gasteiger partial charge in [-0.3, -0.25) is 0 Å². The zero-order valence-corrected chi connectivity index (χ0v) is 10.3. The third-order valence-corrected chi connectivity index (χ3v) is 2.84. The molecular weight excluding hydrogens is 208 g/mol. The zero-order chi connectivity index (χ0) is 11.4. The summed E-state index contributed by atoms with van der Waals surface area (Å²) >= 11 is 4.95. The van der Waals surface area contributed by atoms with Crippen LogP contribution in [0.15, 0.2) is 0 Å². The minimum atomic E-state index is 0.337. The first-order valence-electron chi connectivity index (χ1n) is 5.39. The van der Waals surface area contributed by atoms with E-state index in [0.717, 1.165) is 25.0 Å². The Hall–Kier alpha value is -0.970. The molecule has 1 heterocycles. The molecule has 84 valence electrons. The van der Waals surface area contributed by atoms with Gasteiger partial charge >= 0.3 is 0 Å². The highest BCUT2D eigenvalue weighted by Crippen LogP contribution is 2.18. The Bertz CT molecular complexity index is 341. The second-order valence-electron chi connectivity index (χ2n) is 3.52. The molecule has 0 aliphatic carbocycles. The van der Waals surface area contributed by atoms with Crippen molar-refractivity contribution >= 4 is 17.2 Å². The van der Waals surface area contributed by atoms with Crippen molar-refractivity contribution in [3.63, 3.8) is 0 Å². The van der Waals surface area contributed by atoms with Crippen molar-refractivity contribution in [1.29, 1.82) is 0 Å². The van der Waals surface area contributed by atoms with E-state index in [2.05, 4.69) is 31.1 Å². The molecule has 0 bridgehead atoms. The molecule has 1 aromatic heterocycles. The molecule has 0 aliphatic rings. The second kappa shape index (κ2) is 5.21. The van der Waals surface area contributed by atoms with E-state index >= 15 is 0 Å². The van der Waals surface area contributed by atoms with Gasteiger partial charge in [0.05, 0.1) is 11.7 Å². The summed E-state index contributed by atoms with van der Waals surface area (Å²) in [6.45, 7) is 6.37. The Morgan fingerprint density at radius 2 is 2.00 bits per heavy atom. The summed E-state index contributed by atoms with van der Waals surface area (Å²) < 4.78 is 1.97. The summed E-state index contributed by atoms with van der Waals surface area (Å²) in [5.74, 6) is 0. The quantitative estimate of drug-likeness (QED) is 0.778. The Balaban J connectivity index is 3.13. The fraction of sp³-hybridized carbons (Fsp3) is 0.700. The van der Waals surface area contributed by atoms with Crippen molar-refractivity contribution in [2.75, 3.05) is 0 Å². The van der Waals surface area contributed by atoms with Crippen LogP contribution in [-0.4, -0.2) is 20.0 Å². The summed E-state index contributed by atoms with van der Waals surface area (Å²) in [7, 11) is 0. The largest absolute Gasteiger partial charge is 0.388 e. The van der Waals surface area contributed by atoms with Gasteiger partial charge in [-0.25, -0.2) is 4.68 Å². The predicted molar refractivity (Wildman–Crippen MR) is 64.9 cm³/mol. The molecule has 0 fully saturated rings. The van der Waals surface area contributed by atoms with E-state index in [0.29, 0.717) is 16.7 Å². The topological polar surface area (TPSA) is 56.7 Å². The molecule has 0 atom stereocenters. The van der Waals surface area contributed by atoms with Crippen LogP contribution < -0.4 is 5.73 Å². The molecule has 0 saturated heterocycles. The highest BCUT2D eigenvalue weighted by atomic mass is 32.1. The standard InChI is InChI=1S/C10H18N4S/c1-4-7(5-2)14-8(6-3)9(10(11)15)12-13-14/h7H,4-6H2,1-3H3,(H2,11,15). The third-order valence-electron chi connectivity index (χ3n) is 2.65. The van der Waals surface area contributed by atoms with Crippen LogP contribution in [0, 0.1) is 0 Å². The number of rotatable bonds is 5. The number of nitrogens with zero attached hydrogens (tertiary/aromatic N) is 3. The Kier molecular flexibility index (Phi) is 4.20. The summed E-state index contributed by atoms with van der Waals surface area (Å²) in [5, 5.41) is 8.20. The number of nitrogens with two attached hydrogens (primary N) is 1. The Morgan fingerprint density at radius 1 is 1.40 bits per heavy atom. The van der Waals surface area contributed by atoms with E-state index in [-0.39, 0.29) is 0 Å². The molecule has 1 aromatic rings. The van der Waals surface area contributed by atoms with Gasteiger partial charge in [-0.15, -0.1) is 5.10 Å². The molecule has 15 heavy (non-hydrogen) atoms. The van der Waals surface area contributed by atoms with Gasteiger partial charge in [-0.05, 0) is 19.3 Å². The fourth-order valence-corrected chi connectivity index (χ4v) is 1.92. The predicted octanol–water partition coefficient (Wildman–Crippen LogP) is 1.84. The van der Waals surface area contributed by atoms with Gasteiger partial charge in [0.15, 0.2) is 0 Å². The Morgan fingerprint density at radius 3 is 2.40 bits per heavy atom. The van der Waals surface area contributed by atoms with Crippen LogP contribution in [0.1, 0.15) is 51.0 Å². The molecule has 2 N–H and O–H groups in total. The van der Waals surface area contributed by atoms with Crippen molar-refractivity contribution in [2.45, 2.75) is 46.1 Å². The van der Waals surface area contributed by atoms with Crippen LogP contribution in [0.2, 0.25) is 0 Å². The van der Waals surface area contributed by atoms with Gasteiger partial charge < -0.3 is 5.73 Å². The molecule has 0 aliphatic heterocycles. The summed E-state index contributed by atoms with van der Waals surface area (Å²) in [5.41, 5.74) is 7.33. The van der Waals surface area contributed by atoms with Crippen molar-refractivity contribution in [1.82, 2.24) is 15.0 Å². The smallest absolute Gasteiger partial charge is 0.143 e. The Labute approximate surface area is 95.8 Å². The van der Waals surface area contributed by atoms with Crippen LogP contribution in [0.3, 0.4) is 0 Å². The summed E-state index contributed by atoms with van der Waals surface area (Å²) in [6, 6.07) is 0.399. The van der Waals surface area contributed by atoms with E-state index in [1.54, 1.807) is 0 Å². The monoisotopic (exact) mass is 226 g/mol. The van der Waals surface area contributed by atoms with Gasteiger partial charge in [-0.2, -0.15) is 0 Å². The van der Waals surface area contributed by atoms with Crippen molar-refractivity contribution < 1.29 is 0 Å². The van der Waals surface area contributed by atoms with E-state index < -0.39 is 0 Å². The summed E-state index contributed by atoms with van der Waals surface area (Å²) in [6.07, 6.45) is 2.95. The highest BCUT2D eigenvalue weighted by molar-refractivity contribution is 7.80. The lowest BCUT2D eigenvalue weighted by Crippen LogP contribution is -2.16. The second-order valence-corrected chi connectivity index (χ2v) is 3.96. The van der Waals surface area contributed by atoms with Gasteiger partial charge in [-0.1, -0.05) is 38.2 Å². The molecule has 0 radical (unpaired) electrons. The minimum absolute atomic E-state index is 0.337. The average Bonchev–Trinajstić information content (AvgIpc) is 2.63. The van der Waals surface area contributed by atoms with Gasteiger partial charge in [0.1, 0.15) is 10.7 Å². The molecule has 0 unspecified atom stereocenters. The van der Waals surface area contributed by atoms with Crippen LogP contribution in [0.5, 0.6) is 0 Å². The molecule has 4 nitrogen and oxygen atoms in total. The minimum Gasteiger partial charge on any atom is -0.388 e. The first kappa shape index (κ1) is 12.1. The first-order valence-corrected chi connectivity index (χ1v) is 5.80. The molecule has 0 spiro atoms. The fourth-order valence-electron chi connectivity index (χ4n) is 1.76.